The first-order valence-electron chi connectivity index (χ1n) is 7.67. The molecule has 1 N–H and O–H groups in total. The number of rotatable bonds is 0. The molecular weight excluding hydrogens is 324 g/mol. The number of anilines is 1. The van der Waals surface area contributed by atoms with Crippen LogP contribution in [0.2, 0.25) is 0 Å². The lowest BCUT2D eigenvalue weighted by molar-refractivity contribution is -0.116. The van der Waals surface area contributed by atoms with Gasteiger partial charge in [0.2, 0.25) is 0 Å². The third-order valence-electron chi connectivity index (χ3n) is 4.58. The summed E-state index contributed by atoms with van der Waals surface area (Å²) in [5.41, 5.74) is 4.54. The summed E-state index contributed by atoms with van der Waals surface area (Å²) >= 11 is 0.799. The maximum absolute atomic E-state index is 13.2. The number of imide groups is 1. The summed E-state index contributed by atoms with van der Waals surface area (Å²) in [5.74, 6) is -0.719. The van der Waals surface area contributed by atoms with Crippen molar-refractivity contribution in [2.24, 2.45) is 0 Å². The maximum Gasteiger partial charge on any atom is 0.290 e. The van der Waals surface area contributed by atoms with Crippen molar-refractivity contribution >= 4 is 45.6 Å². The van der Waals surface area contributed by atoms with Crippen LogP contribution < -0.4 is 10.2 Å². The van der Waals surface area contributed by atoms with Crippen molar-refractivity contribution in [2.45, 2.75) is 33.2 Å². The van der Waals surface area contributed by atoms with Gasteiger partial charge in [0.15, 0.2) is 0 Å². The van der Waals surface area contributed by atoms with Crippen molar-refractivity contribution in [1.29, 1.82) is 0 Å². The number of carbonyl (C=O) groups excluding carboxylic acids is 3. The van der Waals surface area contributed by atoms with Gasteiger partial charge in [0, 0.05) is 11.1 Å². The molecule has 0 aliphatic carbocycles. The summed E-state index contributed by atoms with van der Waals surface area (Å²) in [4.78, 5) is 38.8. The zero-order chi connectivity index (χ0) is 17.4. The van der Waals surface area contributed by atoms with E-state index in [2.05, 4.69) is 17.5 Å². The molecule has 0 saturated carbocycles. The smallest absolute Gasteiger partial charge is 0.290 e. The molecule has 4 rings (SSSR count). The highest BCUT2D eigenvalue weighted by Crippen LogP contribution is 2.51. The van der Waals surface area contributed by atoms with Gasteiger partial charge in [0.05, 0.1) is 21.7 Å². The summed E-state index contributed by atoms with van der Waals surface area (Å²) in [7, 11) is 0. The average molecular weight is 340 g/mol. The van der Waals surface area contributed by atoms with Crippen molar-refractivity contribution in [3.63, 3.8) is 0 Å². The highest BCUT2D eigenvalue weighted by Gasteiger charge is 2.47. The Labute approximate surface area is 143 Å². The number of hydrogen-bond acceptors (Lipinski definition) is 4. The van der Waals surface area contributed by atoms with Crippen LogP contribution in [0.4, 0.5) is 10.5 Å². The molecule has 1 fully saturated rings. The van der Waals surface area contributed by atoms with Gasteiger partial charge in [-0.05, 0) is 62.7 Å². The monoisotopic (exact) mass is 340 g/mol. The Bertz CT molecular complexity index is 924. The van der Waals surface area contributed by atoms with Gasteiger partial charge in [-0.25, -0.2) is 0 Å². The molecule has 6 heteroatoms. The van der Waals surface area contributed by atoms with Crippen molar-refractivity contribution in [3.8, 4) is 0 Å². The third-order valence-corrected chi connectivity index (χ3v) is 5.46. The summed E-state index contributed by atoms with van der Waals surface area (Å²) in [6.45, 7) is 7.94. The summed E-state index contributed by atoms with van der Waals surface area (Å²) in [6, 6.07) is 3.98. The second-order valence-corrected chi connectivity index (χ2v) is 7.86. The Morgan fingerprint density at radius 1 is 1.08 bits per heavy atom. The molecule has 24 heavy (non-hydrogen) atoms. The largest absolute Gasteiger partial charge is 0.298 e. The Balaban J connectivity index is 2.08. The molecule has 3 aliphatic rings. The van der Waals surface area contributed by atoms with Crippen LogP contribution in [0.15, 0.2) is 23.1 Å². The van der Waals surface area contributed by atoms with Crippen LogP contribution in [-0.4, -0.2) is 22.6 Å². The third kappa shape index (κ3) is 1.86. The Hall–Kier alpha value is -2.34. The molecular formula is C18H16N2O3S. The first kappa shape index (κ1) is 15.2. The number of benzene rings is 1. The maximum atomic E-state index is 13.2. The average Bonchev–Trinajstić information content (AvgIpc) is 2.92. The van der Waals surface area contributed by atoms with Crippen LogP contribution in [0.5, 0.6) is 0 Å². The summed E-state index contributed by atoms with van der Waals surface area (Å²) < 4.78 is 0. The molecule has 3 aliphatic heterocycles. The van der Waals surface area contributed by atoms with Crippen molar-refractivity contribution in [3.05, 3.63) is 39.8 Å². The lowest BCUT2D eigenvalue weighted by Crippen LogP contribution is -2.46. The highest BCUT2D eigenvalue weighted by atomic mass is 32.2. The fourth-order valence-corrected chi connectivity index (χ4v) is 4.53. The molecule has 3 heterocycles. The Kier molecular flexibility index (Phi) is 2.91. The Morgan fingerprint density at radius 2 is 1.75 bits per heavy atom. The van der Waals surface area contributed by atoms with Gasteiger partial charge in [-0.2, -0.15) is 0 Å². The molecule has 122 valence electrons. The number of hydrogen-bond donors (Lipinski definition) is 1. The molecule has 0 atom stereocenters. The van der Waals surface area contributed by atoms with E-state index in [0.717, 1.165) is 39.7 Å². The summed E-state index contributed by atoms with van der Waals surface area (Å²) in [5, 5.41) is 1.81. The molecule has 5 nitrogen and oxygen atoms in total. The fourth-order valence-electron chi connectivity index (χ4n) is 3.76. The molecule has 3 amide bonds. The van der Waals surface area contributed by atoms with Gasteiger partial charge in [0.25, 0.3) is 17.1 Å². The van der Waals surface area contributed by atoms with Crippen LogP contribution >= 0.6 is 11.8 Å². The lowest BCUT2D eigenvalue weighted by Gasteiger charge is -2.38. The van der Waals surface area contributed by atoms with E-state index in [-0.39, 0.29) is 10.8 Å². The van der Waals surface area contributed by atoms with E-state index in [1.165, 1.54) is 0 Å². The quantitative estimate of drug-likeness (QED) is 0.736. The van der Waals surface area contributed by atoms with E-state index < -0.39 is 16.7 Å². The van der Waals surface area contributed by atoms with Crippen molar-refractivity contribution in [1.82, 2.24) is 5.32 Å². The van der Waals surface area contributed by atoms with Crippen LogP contribution in [0.1, 0.15) is 37.5 Å². The SMILES string of the molecule is CC1=CC(C)(C)N2C(=O)/C(=C3/SC(=O)NC3=O)c3cc(C)cc1c32. The standard InChI is InChI=1S/C18H16N2O3S/c1-8-5-10-9(2)7-18(3,4)20-13(10)11(6-8)12(16(20)22)14-15(21)19-17(23)24-14/h5-7H,1-4H3,(H,19,21,23)/b14-12+. The molecule has 1 aromatic carbocycles. The van der Waals surface area contributed by atoms with E-state index in [1.807, 2.05) is 33.8 Å². The lowest BCUT2D eigenvalue weighted by atomic mass is 9.88. The first-order valence-corrected chi connectivity index (χ1v) is 8.49. The normalized spacial score (nSPS) is 24.2. The molecule has 0 unspecified atom stereocenters. The van der Waals surface area contributed by atoms with Gasteiger partial charge in [-0.3, -0.25) is 24.6 Å². The topological polar surface area (TPSA) is 66.5 Å². The predicted octanol–water partition coefficient (Wildman–Crippen LogP) is 3.23. The molecule has 0 aromatic heterocycles. The van der Waals surface area contributed by atoms with Crippen molar-refractivity contribution in [2.75, 3.05) is 4.90 Å². The molecule has 0 bridgehead atoms. The molecule has 1 saturated heterocycles. The van der Waals surface area contributed by atoms with Gasteiger partial charge in [-0.15, -0.1) is 0 Å². The first-order chi connectivity index (χ1) is 11.2. The van der Waals surface area contributed by atoms with Crippen LogP contribution in [0.3, 0.4) is 0 Å². The van der Waals surface area contributed by atoms with Crippen molar-refractivity contribution < 1.29 is 14.4 Å². The second kappa shape index (κ2) is 4.60. The Morgan fingerprint density at radius 3 is 2.38 bits per heavy atom. The number of nitrogens with zero attached hydrogens (tertiary/aromatic N) is 1. The minimum absolute atomic E-state index is 0.195. The van der Waals surface area contributed by atoms with Gasteiger partial charge < -0.3 is 0 Å². The molecule has 0 radical (unpaired) electrons. The molecule has 0 spiro atoms. The van der Waals surface area contributed by atoms with Gasteiger partial charge >= 0.3 is 0 Å². The fraction of sp³-hybridized carbons (Fsp3) is 0.278. The van der Waals surface area contributed by atoms with E-state index in [1.54, 1.807) is 4.90 Å². The summed E-state index contributed by atoms with van der Waals surface area (Å²) in [6.07, 6.45) is 2.07. The van der Waals surface area contributed by atoms with E-state index in [9.17, 15) is 14.4 Å². The predicted molar refractivity (Wildman–Crippen MR) is 94.4 cm³/mol. The van der Waals surface area contributed by atoms with E-state index >= 15 is 0 Å². The number of carbonyl (C=O) groups is 3. The van der Waals surface area contributed by atoms with Crippen LogP contribution in [0, 0.1) is 6.92 Å². The van der Waals surface area contributed by atoms with Crippen LogP contribution in [0.25, 0.3) is 11.1 Å². The second-order valence-electron chi connectivity index (χ2n) is 6.88. The number of amides is 3. The number of nitrogens with one attached hydrogen (secondary N) is 1. The zero-order valence-electron chi connectivity index (χ0n) is 13.8. The highest BCUT2D eigenvalue weighted by molar-refractivity contribution is 8.18. The van der Waals surface area contributed by atoms with Gasteiger partial charge in [0.1, 0.15) is 0 Å². The minimum atomic E-state index is -0.496. The number of aryl methyl sites for hydroxylation is 1. The van der Waals surface area contributed by atoms with Crippen LogP contribution in [-0.2, 0) is 9.59 Å². The number of thioether (sulfide) groups is 1. The van der Waals surface area contributed by atoms with Gasteiger partial charge in [-0.1, -0.05) is 6.08 Å². The minimum Gasteiger partial charge on any atom is -0.298 e. The number of allylic oxidation sites excluding steroid dienone is 1. The zero-order valence-corrected chi connectivity index (χ0v) is 14.6. The molecule has 1 aromatic rings. The van der Waals surface area contributed by atoms with E-state index in [4.69, 9.17) is 0 Å². The van der Waals surface area contributed by atoms with E-state index in [0.29, 0.717) is 5.57 Å².